The summed E-state index contributed by atoms with van der Waals surface area (Å²) in [5.74, 6) is -1.66. The molecule has 8 heteroatoms. The van der Waals surface area contributed by atoms with E-state index in [0.29, 0.717) is 27.2 Å². The van der Waals surface area contributed by atoms with Crippen molar-refractivity contribution in [3.8, 4) is 11.1 Å². The topological polar surface area (TPSA) is 92.2 Å². The van der Waals surface area contributed by atoms with Crippen molar-refractivity contribution >= 4 is 50.8 Å². The average molecular weight is 410 g/mol. The van der Waals surface area contributed by atoms with E-state index in [0.717, 1.165) is 11.3 Å². The molecule has 28 heavy (non-hydrogen) atoms. The van der Waals surface area contributed by atoms with Gasteiger partial charge in [0.05, 0.1) is 17.2 Å². The predicted molar refractivity (Wildman–Crippen MR) is 109 cm³/mol. The lowest BCUT2D eigenvalue weighted by atomic mass is 10.0. The second-order valence-electron chi connectivity index (χ2n) is 5.86. The Morgan fingerprint density at radius 3 is 2.46 bits per heavy atom. The fourth-order valence-corrected chi connectivity index (χ4v) is 3.82. The summed E-state index contributed by atoms with van der Waals surface area (Å²) in [4.78, 5) is 32.9. The zero-order chi connectivity index (χ0) is 19.7. The number of fused-ring (bicyclic) bond motifs is 1. The number of carboxylic acid groups (broad SMARTS) is 1. The fourth-order valence-electron chi connectivity index (χ4n) is 2.74. The number of rotatable bonds is 4. The standard InChI is InChI=1S/C20H12ClN3O3S/c21-12-7-5-11(6-8-12)13-10-28-19(17(13)20(26)27)24-18(25)16-9-22-14-3-1-2-4-15(14)23-16/h1-10H,(H,24,25)(H,26,27). The van der Waals surface area contributed by atoms with Gasteiger partial charge in [-0.25, -0.2) is 9.78 Å². The summed E-state index contributed by atoms with van der Waals surface area (Å²) in [6.07, 6.45) is 1.37. The fraction of sp³-hybridized carbons (Fsp3) is 0. The highest BCUT2D eigenvalue weighted by Crippen LogP contribution is 2.36. The molecule has 6 nitrogen and oxygen atoms in total. The Morgan fingerprint density at radius 1 is 1.04 bits per heavy atom. The number of carboxylic acids is 1. The second-order valence-corrected chi connectivity index (χ2v) is 7.18. The van der Waals surface area contributed by atoms with Crippen molar-refractivity contribution in [3.05, 3.63) is 76.4 Å². The molecule has 0 bridgehead atoms. The number of hydrogen-bond acceptors (Lipinski definition) is 5. The van der Waals surface area contributed by atoms with Crippen LogP contribution in [0.2, 0.25) is 5.02 Å². The molecule has 0 aliphatic carbocycles. The SMILES string of the molecule is O=C(Nc1scc(-c2ccc(Cl)cc2)c1C(=O)O)c1cnc2ccccc2n1. The number of nitrogens with one attached hydrogen (secondary N) is 1. The molecule has 0 saturated carbocycles. The third-order valence-corrected chi connectivity index (χ3v) is 5.22. The molecule has 2 N–H and O–H groups in total. The first-order valence-corrected chi connectivity index (χ1v) is 9.42. The molecule has 4 rings (SSSR count). The van der Waals surface area contributed by atoms with Gasteiger partial charge in [0.1, 0.15) is 16.3 Å². The van der Waals surface area contributed by atoms with Gasteiger partial charge in [0, 0.05) is 16.0 Å². The van der Waals surface area contributed by atoms with E-state index < -0.39 is 11.9 Å². The highest BCUT2D eigenvalue weighted by atomic mass is 35.5. The summed E-state index contributed by atoms with van der Waals surface area (Å²) < 4.78 is 0. The Hall–Kier alpha value is -3.29. The zero-order valence-corrected chi connectivity index (χ0v) is 15.8. The summed E-state index contributed by atoms with van der Waals surface area (Å²) in [5, 5.41) is 14.8. The van der Waals surface area contributed by atoms with E-state index in [4.69, 9.17) is 11.6 Å². The van der Waals surface area contributed by atoms with E-state index in [1.54, 1.807) is 47.8 Å². The number of anilines is 1. The molecule has 0 saturated heterocycles. The Balaban J connectivity index is 1.68. The minimum atomic E-state index is -1.13. The monoisotopic (exact) mass is 409 g/mol. The van der Waals surface area contributed by atoms with Gasteiger partial charge in [0.25, 0.3) is 5.91 Å². The molecule has 2 aromatic heterocycles. The van der Waals surface area contributed by atoms with Gasteiger partial charge in [-0.3, -0.25) is 9.78 Å². The quantitative estimate of drug-likeness (QED) is 0.496. The molecule has 1 amide bonds. The van der Waals surface area contributed by atoms with Gasteiger partial charge >= 0.3 is 5.97 Å². The van der Waals surface area contributed by atoms with Crippen LogP contribution in [0.15, 0.2) is 60.1 Å². The van der Waals surface area contributed by atoms with Crippen LogP contribution in [0.5, 0.6) is 0 Å². The number of halogens is 1. The van der Waals surface area contributed by atoms with Crippen molar-refractivity contribution in [2.24, 2.45) is 0 Å². The largest absolute Gasteiger partial charge is 0.478 e. The number of hydrogen-bond donors (Lipinski definition) is 2. The molecule has 0 aliphatic rings. The van der Waals surface area contributed by atoms with Crippen molar-refractivity contribution in [2.45, 2.75) is 0 Å². The molecular weight excluding hydrogens is 398 g/mol. The van der Waals surface area contributed by atoms with Gasteiger partial charge in [-0.15, -0.1) is 11.3 Å². The van der Waals surface area contributed by atoms with Crippen LogP contribution in [-0.4, -0.2) is 27.0 Å². The van der Waals surface area contributed by atoms with Crippen molar-refractivity contribution in [2.75, 3.05) is 5.32 Å². The van der Waals surface area contributed by atoms with Gasteiger partial charge in [-0.1, -0.05) is 35.9 Å². The van der Waals surface area contributed by atoms with E-state index in [1.165, 1.54) is 6.20 Å². The van der Waals surface area contributed by atoms with Gasteiger partial charge in [-0.05, 0) is 29.8 Å². The molecule has 2 aromatic carbocycles. The highest BCUT2D eigenvalue weighted by molar-refractivity contribution is 7.15. The maximum absolute atomic E-state index is 12.6. The van der Waals surface area contributed by atoms with Crippen molar-refractivity contribution in [1.82, 2.24) is 9.97 Å². The molecule has 4 aromatic rings. The molecule has 0 aliphatic heterocycles. The summed E-state index contributed by atoms with van der Waals surface area (Å²) in [7, 11) is 0. The number of para-hydroxylation sites is 2. The lowest BCUT2D eigenvalue weighted by molar-refractivity contribution is 0.0699. The number of aromatic carboxylic acids is 1. The van der Waals surface area contributed by atoms with Crippen molar-refractivity contribution in [3.63, 3.8) is 0 Å². The smallest absolute Gasteiger partial charge is 0.339 e. The number of carbonyl (C=O) groups excluding carboxylic acids is 1. The van der Waals surface area contributed by atoms with Crippen LogP contribution in [0.3, 0.4) is 0 Å². The number of nitrogens with zero attached hydrogens (tertiary/aromatic N) is 2. The predicted octanol–water partition coefficient (Wildman–Crippen LogP) is 4.96. The molecule has 0 radical (unpaired) electrons. The van der Waals surface area contributed by atoms with Gasteiger partial charge < -0.3 is 10.4 Å². The third-order valence-electron chi connectivity index (χ3n) is 4.07. The van der Waals surface area contributed by atoms with Crippen LogP contribution < -0.4 is 5.32 Å². The third kappa shape index (κ3) is 3.45. The summed E-state index contributed by atoms with van der Waals surface area (Å²) in [6.45, 7) is 0. The number of benzene rings is 2. The van der Waals surface area contributed by atoms with E-state index in [2.05, 4.69) is 15.3 Å². The van der Waals surface area contributed by atoms with Crippen molar-refractivity contribution < 1.29 is 14.7 Å². The Labute approximate surface area is 168 Å². The highest BCUT2D eigenvalue weighted by Gasteiger charge is 2.22. The van der Waals surface area contributed by atoms with Crippen LogP contribution in [0.1, 0.15) is 20.8 Å². The van der Waals surface area contributed by atoms with Crippen LogP contribution in [0, 0.1) is 0 Å². The first-order valence-electron chi connectivity index (χ1n) is 8.17. The minimum absolute atomic E-state index is 0.0226. The van der Waals surface area contributed by atoms with E-state index in [9.17, 15) is 14.7 Å². The molecule has 2 heterocycles. The molecular formula is C20H12ClN3O3S. The van der Waals surface area contributed by atoms with Gasteiger partial charge in [-0.2, -0.15) is 0 Å². The normalized spacial score (nSPS) is 10.8. The molecule has 138 valence electrons. The van der Waals surface area contributed by atoms with Crippen LogP contribution in [0.25, 0.3) is 22.2 Å². The Morgan fingerprint density at radius 2 is 1.75 bits per heavy atom. The average Bonchev–Trinajstić information content (AvgIpc) is 3.12. The molecule has 0 fully saturated rings. The summed E-state index contributed by atoms with van der Waals surface area (Å²) in [5.41, 5.74) is 2.59. The Kier molecular flexibility index (Phi) is 4.77. The number of carbonyl (C=O) groups is 2. The second kappa shape index (κ2) is 7.38. The Bertz CT molecular complexity index is 1210. The van der Waals surface area contributed by atoms with Crippen LogP contribution >= 0.6 is 22.9 Å². The molecule has 0 atom stereocenters. The first kappa shape index (κ1) is 18.1. The van der Waals surface area contributed by atoms with E-state index in [1.807, 2.05) is 6.07 Å². The summed E-state index contributed by atoms with van der Waals surface area (Å²) in [6, 6.07) is 14.0. The molecule has 0 spiro atoms. The van der Waals surface area contributed by atoms with Crippen LogP contribution in [-0.2, 0) is 0 Å². The van der Waals surface area contributed by atoms with Gasteiger partial charge in [0.2, 0.25) is 0 Å². The molecule has 0 unspecified atom stereocenters. The van der Waals surface area contributed by atoms with Crippen LogP contribution in [0.4, 0.5) is 5.00 Å². The number of thiophene rings is 1. The lowest BCUT2D eigenvalue weighted by Gasteiger charge is -2.06. The van der Waals surface area contributed by atoms with Gasteiger partial charge in [0.15, 0.2) is 0 Å². The zero-order valence-electron chi connectivity index (χ0n) is 14.2. The maximum atomic E-state index is 12.6. The number of amides is 1. The van der Waals surface area contributed by atoms with E-state index >= 15 is 0 Å². The lowest BCUT2D eigenvalue weighted by Crippen LogP contribution is -2.15. The van der Waals surface area contributed by atoms with Crippen molar-refractivity contribution in [1.29, 1.82) is 0 Å². The number of aromatic nitrogens is 2. The minimum Gasteiger partial charge on any atom is -0.478 e. The first-order chi connectivity index (χ1) is 13.5. The maximum Gasteiger partial charge on any atom is 0.339 e. The van der Waals surface area contributed by atoms with E-state index in [-0.39, 0.29) is 16.3 Å². The summed E-state index contributed by atoms with van der Waals surface area (Å²) >= 11 is 7.04.